The topological polar surface area (TPSA) is 84.2 Å². The lowest BCUT2D eigenvalue weighted by molar-refractivity contribution is -0.121. The van der Waals surface area contributed by atoms with E-state index < -0.39 is 0 Å². The summed E-state index contributed by atoms with van der Waals surface area (Å²) in [6, 6.07) is 9.44. The molecule has 2 aromatic heterocycles. The van der Waals surface area contributed by atoms with Crippen LogP contribution in [0.1, 0.15) is 36.2 Å². The molecule has 0 radical (unpaired) electrons. The molecule has 0 spiro atoms. The van der Waals surface area contributed by atoms with Crippen molar-refractivity contribution in [2.24, 2.45) is 0 Å². The van der Waals surface area contributed by atoms with Gasteiger partial charge in [-0.05, 0) is 42.7 Å². The number of nitrogens with one attached hydrogen (secondary N) is 2. The number of hydrogen-bond acceptors (Lipinski definition) is 5. The molecule has 1 aliphatic rings. The highest BCUT2D eigenvalue weighted by molar-refractivity contribution is 7.13. The number of anilines is 1. The van der Waals surface area contributed by atoms with Crippen LogP contribution in [0.5, 0.6) is 0 Å². The third kappa shape index (κ3) is 3.93. The molecule has 0 saturated carbocycles. The van der Waals surface area contributed by atoms with Gasteiger partial charge in [0.2, 0.25) is 11.8 Å². The molecule has 1 atom stereocenters. The number of rotatable bonds is 5. The molecule has 0 aliphatic carbocycles. The van der Waals surface area contributed by atoms with Crippen LogP contribution in [0.15, 0.2) is 46.4 Å². The van der Waals surface area contributed by atoms with E-state index in [0.29, 0.717) is 12.2 Å². The van der Waals surface area contributed by atoms with E-state index in [1.165, 1.54) is 11.3 Å². The van der Waals surface area contributed by atoms with Gasteiger partial charge in [-0.25, -0.2) is 4.98 Å². The predicted octanol–water partition coefficient (Wildman–Crippen LogP) is 3.71. The molecule has 0 unspecified atom stereocenters. The Bertz CT molecular complexity index is 978. The fraction of sp³-hybridized carbons (Fsp3) is 0.250. The first-order valence-electron chi connectivity index (χ1n) is 8.79. The van der Waals surface area contributed by atoms with Crippen molar-refractivity contribution < 1.29 is 14.0 Å². The van der Waals surface area contributed by atoms with E-state index in [9.17, 15) is 9.59 Å². The maximum Gasteiger partial charge on any atom is 0.226 e. The standard InChI is InChI=1S/C20H19N3O3S/c1-12(13-4-6-16-14(9-13)5-7-18(24)23-16)21-19(25)10-15-11-27-20(22-15)17-3-2-8-26-17/h2-4,6,8-9,11-12H,5,7,10H2,1H3,(H,21,25)(H,23,24)/t12-/m1/s1. The molecular weight excluding hydrogens is 362 g/mol. The molecular formula is C20H19N3O3S. The first kappa shape index (κ1) is 17.5. The second kappa shape index (κ2) is 7.36. The van der Waals surface area contributed by atoms with Crippen LogP contribution >= 0.6 is 11.3 Å². The number of thiazole rings is 1. The maximum atomic E-state index is 12.4. The van der Waals surface area contributed by atoms with Crippen molar-refractivity contribution in [1.82, 2.24) is 10.3 Å². The zero-order valence-electron chi connectivity index (χ0n) is 14.8. The Morgan fingerprint density at radius 3 is 3.07 bits per heavy atom. The number of hydrogen-bond donors (Lipinski definition) is 2. The van der Waals surface area contributed by atoms with E-state index in [-0.39, 0.29) is 24.3 Å². The first-order chi connectivity index (χ1) is 13.1. The van der Waals surface area contributed by atoms with Crippen LogP contribution in [0.4, 0.5) is 5.69 Å². The number of benzene rings is 1. The molecule has 2 amide bonds. The van der Waals surface area contributed by atoms with Crippen molar-refractivity contribution in [2.75, 3.05) is 5.32 Å². The minimum absolute atomic E-state index is 0.0498. The lowest BCUT2D eigenvalue weighted by atomic mass is 9.98. The summed E-state index contributed by atoms with van der Waals surface area (Å²) in [5.74, 6) is 0.680. The molecule has 2 N–H and O–H groups in total. The highest BCUT2D eigenvalue weighted by Crippen LogP contribution is 2.27. The van der Waals surface area contributed by atoms with E-state index in [1.807, 2.05) is 36.6 Å². The smallest absolute Gasteiger partial charge is 0.226 e. The zero-order chi connectivity index (χ0) is 18.8. The molecule has 3 aromatic rings. The van der Waals surface area contributed by atoms with Crippen LogP contribution < -0.4 is 10.6 Å². The Kier molecular flexibility index (Phi) is 4.77. The van der Waals surface area contributed by atoms with E-state index in [2.05, 4.69) is 21.7 Å². The second-order valence-electron chi connectivity index (χ2n) is 6.55. The quantitative estimate of drug-likeness (QED) is 0.706. The Hall–Kier alpha value is -2.93. The largest absolute Gasteiger partial charge is 0.462 e. The highest BCUT2D eigenvalue weighted by atomic mass is 32.1. The molecule has 27 heavy (non-hydrogen) atoms. The van der Waals surface area contributed by atoms with Gasteiger partial charge in [-0.15, -0.1) is 11.3 Å². The summed E-state index contributed by atoms with van der Waals surface area (Å²) < 4.78 is 5.33. The molecule has 3 heterocycles. The zero-order valence-corrected chi connectivity index (χ0v) is 15.6. The minimum Gasteiger partial charge on any atom is -0.462 e. The molecule has 1 aliphatic heterocycles. The molecule has 138 valence electrons. The number of aryl methyl sites for hydroxylation is 1. The second-order valence-corrected chi connectivity index (χ2v) is 7.41. The molecule has 0 fully saturated rings. The highest BCUT2D eigenvalue weighted by Gasteiger charge is 2.18. The van der Waals surface area contributed by atoms with E-state index in [1.54, 1.807) is 6.26 Å². The van der Waals surface area contributed by atoms with Gasteiger partial charge in [-0.1, -0.05) is 12.1 Å². The first-order valence-corrected chi connectivity index (χ1v) is 9.67. The molecule has 0 bridgehead atoms. The van der Waals surface area contributed by atoms with Crippen molar-refractivity contribution in [1.29, 1.82) is 0 Å². The van der Waals surface area contributed by atoms with Gasteiger partial charge >= 0.3 is 0 Å². The number of furan rings is 1. The van der Waals surface area contributed by atoms with E-state index >= 15 is 0 Å². The number of fused-ring (bicyclic) bond motifs is 1. The summed E-state index contributed by atoms with van der Waals surface area (Å²) in [6.45, 7) is 1.95. The molecule has 4 rings (SSSR count). The van der Waals surface area contributed by atoms with Gasteiger partial charge < -0.3 is 15.1 Å². The monoisotopic (exact) mass is 381 g/mol. The van der Waals surface area contributed by atoms with Gasteiger partial charge in [0.25, 0.3) is 0 Å². The molecule has 1 aromatic carbocycles. The Morgan fingerprint density at radius 1 is 1.37 bits per heavy atom. The lowest BCUT2D eigenvalue weighted by Gasteiger charge is -2.20. The summed E-state index contributed by atoms with van der Waals surface area (Å²) >= 11 is 1.46. The SMILES string of the molecule is C[C@@H](NC(=O)Cc1csc(-c2ccco2)n1)c1ccc2c(c1)CCC(=O)N2. The van der Waals surface area contributed by atoms with Crippen LogP contribution in [0.2, 0.25) is 0 Å². The fourth-order valence-corrected chi connectivity index (χ4v) is 3.90. The Balaban J connectivity index is 1.39. The normalized spacial score (nSPS) is 14.3. The van der Waals surface area contributed by atoms with Crippen molar-refractivity contribution in [3.63, 3.8) is 0 Å². The fourth-order valence-electron chi connectivity index (χ4n) is 3.11. The molecule has 7 heteroatoms. The van der Waals surface area contributed by atoms with E-state index in [4.69, 9.17) is 4.42 Å². The third-order valence-electron chi connectivity index (χ3n) is 4.53. The number of nitrogens with zero attached hydrogens (tertiary/aromatic N) is 1. The van der Waals surface area contributed by atoms with Crippen LogP contribution in [0.25, 0.3) is 10.8 Å². The van der Waals surface area contributed by atoms with Gasteiger partial charge in [0.1, 0.15) is 0 Å². The summed E-state index contributed by atoms with van der Waals surface area (Å²) in [6.07, 6.45) is 3.06. The van der Waals surface area contributed by atoms with Gasteiger partial charge in [0.05, 0.1) is 24.4 Å². The summed E-state index contributed by atoms with van der Waals surface area (Å²) in [5.41, 5.74) is 3.72. The van der Waals surface area contributed by atoms with Crippen molar-refractivity contribution >= 4 is 28.8 Å². The number of carbonyl (C=O) groups is 2. The van der Waals surface area contributed by atoms with Crippen LogP contribution in [-0.2, 0) is 22.4 Å². The van der Waals surface area contributed by atoms with Crippen molar-refractivity contribution in [3.05, 3.63) is 58.8 Å². The van der Waals surface area contributed by atoms with Crippen LogP contribution in [0.3, 0.4) is 0 Å². The minimum atomic E-state index is -0.122. The van der Waals surface area contributed by atoms with Gasteiger partial charge in [0.15, 0.2) is 10.8 Å². The van der Waals surface area contributed by atoms with E-state index in [0.717, 1.165) is 33.9 Å². The number of amides is 2. The lowest BCUT2D eigenvalue weighted by Crippen LogP contribution is -2.28. The molecule has 0 saturated heterocycles. The van der Waals surface area contributed by atoms with Crippen molar-refractivity contribution in [3.8, 4) is 10.8 Å². The summed E-state index contributed by atoms with van der Waals surface area (Å²) in [5, 5.41) is 8.54. The number of aromatic nitrogens is 1. The molecule has 6 nitrogen and oxygen atoms in total. The summed E-state index contributed by atoms with van der Waals surface area (Å²) in [4.78, 5) is 28.3. The average Bonchev–Trinajstić information content (AvgIpc) is 3.32. The van der Waals surface area contributed by atoms with Crippen LogP contribution in [-0.4, -0.2) is 16.8 Å². The maximum absolute atomic E-state index is 12.4. The summed E-state index contributed by atoms with van der Waals surface area (Å²) in [7, 11) is 0. The van der Waals surface area contributed by atoms with Gasteiger partial charge in [-0.3, -0.25) is 9.59 Å². The van der Waals surface area contributed by atoms with Gasteiger partial charge in [-0.2, -0.15) is 0 Å². The predicted molar refractivity (Wildman–Crippen MR) is 103 cm³/mol. The van der Waals surface area contributed by atoms with Crippen molar-refractivity contribution in [2.45, 2.75) is 32.2 Å². The number of carbonyl (C=O) groups excluding carboxylic acids is 2. The van der Waals surface area contributed by atoms with Gasteiger partial charge in [0, 0.05) is 17.5 Å². The van der Waals surface area contributed by atoms with Crippen LogP contribution in [0, 0.1) is 0 Å². The third-order valence-corrected chi connectivity index (χ3v) is 5.43. The Labute approximate surface area is 160 Å². The Morgan fingerprint density at radius 2 is 2.26 bits per heavy atom. The average molecular weight is 381 g/mol.